The van der Waals surface area contributed by atoms with E-state index in [0.717, 1.165) is 11.3 Å². The topological polar surface area (TPSA) is 59.6 Å². The quantitative estimate of drug-likeness (QED) is 0.589. The number of nitriles is 2. The molecule has 1 rings (SSSR count). The highest BCUT2D eigenvalue weighted by Crippen LogP contribution is 2.15. The Morgan fingerprint density at radius 2 is 1.73 bits per heavy atom. The van der Waals surface area contributed by atoms with E-state index in [1.807, 2.05) is 31.2 Å². The van der Waals surface area contributed by atoms with Crippen molar-refractivity contribution >= 4 is 18.3 Å². The maximum Gasteiger partial charge on any atom is 0.159 e. The maximum atomic E-state index is 8.60. The molecule has 0 radical (unpaired) electrons. The molecule has 0 heterocycles. The first-order valence-corrected chi connectivity index (χ1v) is 4.69. The van der Waals surface area contributed by atoms with Crippen LogP contribution in [-0.2, 0) is 0 Å². The van der Waals surface area contributed by atoms with Crippen LogP contribution in [0, 0.1) is 29.6 Å². The Balaban J connectivity index is 2.89. The molecule has 1 N–H and O–H groups in total. The number of hydrogen-bond acceptors (Lipinski definition) is 4. The number of nitrogens with one attached hydrogen (secondary N) is 1. The maximum absolute atomic E-state index is 8.60. The first kappa shape index (κ1) is 11.2. The Morgan fingerprint density at radius 3 is 2.20 bits per heavy atom. The summed E-state index contributed by atoms with van der Waals surface area (Å²) in [4.78, 5) is 0. The second kappa shape index (κ2) is 5.09. The normalized spacial score (nSPS) is 8.53. The van der Waals surface area contributed by atoms with Crippen LogP contribution in [0.15, 0.2) is 34.9 Å². The van der Waals surface area contributed by atoms with Crippen molar-refractivity contribution in [1.82, 2.24) is 0 Å². The monoisotopic (exact) mass is 215 g/mol. The largest absolute Gasteiger partial charge is 0.349 e. The number of thiol groups is 1. The summed E-state index contributed by atoms with van der Waals surface area (Å²) in [5.41, 5.74) is 1.92. The lowest BCUT2D eigenvalue weighted by Crippen LogP contribution is -1.96. The van der Waals surface area contributed by atoms with Crippen LogP contribution >= 0.6 is 12.6 Å². The first-order valence-electron chi connectivity index (χ1n) is 4.24. The molecule has 1 aromatic rings. The van der Waals surface area contributed by atoms with Crippen molar-refractivity contribution in [1.29, 1.82) is 10.5 Å². The van der Waals surface area contributed by atoms with Crippen LogP contribution in [-0.4, -0.2) is 0 Å². The highest BCUT2D eigenvalue weighted by Gasteiger charge is 2.01. The second-order valence-corrected chi connectivity index (χ2v) is 3.39. The third-order valence-corrected chi connectivity index (χ3v) is 2.11. The van der Waals surface area contributed by atoms with Crippen molar-refractivity contribution < 1.29 is 0 Å². The number of aryl methyl sites for hydroxylation is 1. The molecule has 74 valence electrons. The summed E-state index contributed by atoms with van der Waals surface area (Å²) in [6, 6.07) is 11.1. The van der Waals surface area contributed by atoms with Crippen LogP contribution in [0.3, 0.4) is 0 Å². The number of nitrogens with zero attached hydrogens (tertiary/aromatic N) is 2. The van der Waals surface area contributed by atoms with Gasteiger partial charge in [0.15, 0.2) is 5.57 Å². The lowest BCUT2D eigenvalue weighted by atomic mass is 10.2. The summed E-state index contributed by atoms with van der Waals surface area (Å²) in [6.07, 6.45) is 0. The van der Waals surface area contributed by atoms with Crippen LogP contribution in [0.2, 0.25) is 0 Å². The van der Waals surface area contributed by atoms with Crippen LogP contribution in [0.4, 0.5) is 5.69 Å². The van der Waals surface area contributed by atoms with Crippen molar-refractivity contribution in [3.8, 4) is 12.1 Å². The highest BCUT2D eigenvalue weighted by atomic mass is 32.1. The molecule has 15 heavy (non-hydrogen) atoms. The third-order valence-electron chi connectivity index (χ3n) is 1.77. The standard InChI is InChI=1S/C11H9N3S/c1-8-2-4-10(5-3-8)14-11(15)9(6-12)7-13/h2-5,14-15H,1H3. The number of hydrogen-bond donors (Lipinski definition) is 2. The molecular formula is C11H9N3S. The fourth-order valence-electron chi connectivity index (χ4n) is 0.967. The molecule has 0 aromatic heterocycles. The van der Waals surface area contributed by atoms with Crippen LogP contribution in [0.25, 0.3) is 0 Å². The van der Waals surface area contributed by atoms with Gasteiger partial charge in [0.1, 0.15) is 12.1 Å². The van der Waals surface area contributed by atoms with E-state index in [9.17, 15) is 0 Å². The number of benzene rings is 1. The predicted molar refractivity (Wildman–Crippen MR) is 62.0 cm³/mol. The molecule has 1 aromatic carbocycles. The van der Waals surface area contributed by atoms with Gasteiger partial charge >= 0.3 is 0 Å². The molecule has 0 unspecified atom stereocenters. The predicted octanol–water partition coefficient (Wildman–Crippen LogP) is 2.60. The Hall–Kier alpha value is -1.91. The zero-order valence-corrected chi connectivity index (χ0v) is 9.05. The van der Waals surface area contributed by atoms with Crippen LogP contribution in [0.5, 0.6) is 0 Å². The van der Waals surface area contributed by atoms with E-state index in [4.69, 9.17) is 10.5 Å². The number of anilines is 1. The van der Waals surface area contributed by atoms with Gasteiger partial charge in [0.25, 0.3) is 0 Å². The number of rotatable bonds is 2. The Morgan fingerprint density at radius 1 is 1.20 bits per heavy atom. The van der Waals surface area contributed by atoms with Gasteiger partial charge in [-0.15, -0.1) is 12.6 Å². The van der Waals surface area contributed by atoms with E-state index in [2.05, 4.69) is 17.9 Å². The molecule has 4 heteroatoms. The molecule has 0 bridgehead atoms. The molecule has 0 saturated carbocycles. The molecular weight excluding hydrogens is 206 g/mol. The zero-order chi connectivity index (χ0) is 11.3. The summed E-state index contributed by atoms with van der Waals surface area (Å²) in [5.74, 6) is 0. The van der Waals surface area contributed by atoms with Crippen molar-refractivity contribution in [2.75, 3.05) is 5.32 Å². The van der Waals surface area contributed by atoms with Crippen molar-refractivity contribution in [3.63, 3.8) is 0 Å². The average Bonchev–Trinajstić information content (AvgIpc) is 2.23. The molecule has 0 fully saturated rings. The lowest BCUT2D eigenvalue weighted by Gasteiger charge is -2.05. The van der Waals surface area contributed by atoms with E-state index < -0.39 is 0 Å². The van der Waals surface area contributed by atoms with Crippen molar-refractivity contribution in [3.05, 3.63) is 40.4 Å². The van der Waals surface area contributed by atoms with Gasteiger partial charge in [-0.3, -0.25) is 0 Å². The van der Waals surface area contributed by atoms with E-state index in [-0.39, 0.29) is 10.6 Å². The fraction of sp³-hybridized carbons (Fsp3) is 0.0909. The molecule has 0 saturated heterocycles. The van der Waals surface area contributed by atoms with E-state index in [1.54, 1.807) is 12.1 Å². The Kier molecular flexibility index (Phi) is 3.79. The van der Waals surface area contributed by atoms with Gasteiger partial charge in [-0.25, -0.2) is 0 Å². The molecule has 0 spiro atoms. The van der Waals surface area contributed by atoms with Crippen LogP contribution < -0.4 is 5.32 Å². The van der Waals surface area contributed by atoms with Gasteiger partial charge in [-0.1, -0.05) is 17.7 Å². The molecule has 0 aliphatic rings. The molecule has 0 aliphatic carbocycles. The fourth-order valence-corrected chi connectivity index (χ4v) is 1.20. The summed E-state index contributed by atoms with van der Waals surface area (Å²) in [7, 11) is 0. The van der Waals surface area contributed by atoms with Gasteiger partial charge < -0.3 is 5.32 Å². The zero-order valence-electron chi connectivity index (χ0n) is 8.15. The summed E-state index contributed by atoms with van der Waals surface area (Å²) in [5, 5.41) is 20.3. The van der Waals surface area contributed by atoms with E-state index >= 15 is 0 Å². The summed E-state index contributed by atoms with van der Waals surface area (Å²) < 4.78 is 0. The molecule has 0 aliphatic heterocycles. The molecule has 0 atom stereocenters. The van der Waals surface area contributed by atoms with Gasteiger partial charge in [0.05, 0.1) is 5.03 Å². The van der Waals surface area contributed by atoms with Gasteiger partial charge in [-0.2, -0.15) is 10.5 Å². The minimum Gasteiger partial charge on any atom is -0.349 e. The van der Waals surface area contributed by atoms with Crippen molar-refractivity contribution in [2.45, 2.75) is 6.92 Å². The van der Waals surface area contributed by atoms with E-state index in [0.29, 0.717) is 0 Å². The summed E-state index contributed by atoms with van der Waals surface area (Å²) >= 11 is 4.05. The smallest absolute Gasteiger partial charge is 0.159 e. The van der Waals surface area contributed by atoms with Gasteiger partial charge in [0.2, 0.25) is 0 Å². The van der Waals surface area contributed by atoms with Gasteiger partial charge in [0, 0.05) is 5.69 Å². The SMILES string of the molecule is Cc1ccc(NC(S)=C(C#N)C#N)cc1. The minimum atomic E-state index is -0.0288. The number of allylic oxidation sites excluding steroid dienone is 1. The molecule has 0 amide bonds. The van der Waals surface area contributed by atoms with Crippen LogP contribution in [0.1, 0.15) is 5.56 Å². The minimum absolute atomic E-state index is 0.0288. The second-order valence-electron chi connectivity index (χ2n) is 2.94. The van der Waals surface area contributed by atoms with Crippen molar-refractivity contribution in [2.24, 2.45) is 0 Å². The average molecular weight is 215 g/mol. The Bertz CT molecular complexity index is 444. The third kappa shape index (κ3) is 3.05. The summed E-state index contributed by atoms with van der Waals surface area (Å²) in [6.45, 7) is 1.98. The first-order chi connectivity index (χ1) is 7.17. The highest BCUT2D eigenvalue weighted by molar-refractivity contribution is 7.84. The lowest BCUT2D eigenvalue weighted by molar-refractivity contribution is 1.42. The van der Waals surface area contributed by atoms with E-state index in [1.165, 1.54) is 0 Å². The molecule has 3 nitrogen and oxygen atoms in total. The van der Waals surface area contributed by atoms with Gasteiger partial charge in [-0.05, 0) is 19.1 Å². The Labute approximate surface area is 94.1 Å².